The lowest BCUT2D eigenvalue weighted by atomic mass is 9.43. The maximum atomic E-state index is 2.61. The monoisotopic (exact) mass is 386 g/mol. The highest BCUT2D eigenvalue weighted by molar-refractivity contribution is 6.02. The van der Waals surface area contributed by atoms with Gasteiger partial charge < -0.3 is 0 Å². The molecule has 0 nitrogen and oxygen atoms in total. The first-order valence-electron chi connectivity index (χ1n) is 11.9. The second kappa shape index (κ2) is 5.35. The number of rotatable bonds is 0. The van der Waals surface area contributed by atoms with Crippen LogP contribution in [0.5, 0.6) is 0 Å². The van der Waals surface area contributed by atoms with Crippen molar-refractivity contribution in [2.75, 3.05) is 0 Å². The lowest BCUT2D eigenvalue weighted by Crippen LogP contribution is -2.55. The Bertz CT molecular complexity index is 1330. The first kappa shape index (κ1) is 16.1. The smallest absolute Gasteiger partial charge is 0.0272 e. The van der Waals surface area contributed by atoms with Gasteiger partial charge in [0.15, 0.2) is 0 Å². The molecule has 4 fully saturated rings. The first-order valence-corrected chi connectivity index (χ1v) is 11.9. The van der Waals surface area contributed by atoms with Gasteiger partial charge in [0.2, 0.25) is 0 Å². The van der Waals surface area contributed by atoms with Crippen molar-refractivity contribution in [3.8, 4) is 11.1 Å². The average molecular weight is 387 g/mol. The third kappa shape index (κ3) is 1.81. The van der Waals surface area contributed by atoms with E-state index in [1.807, 2.05) is 0 Å². The maximum Gasteiger partial charge on any atom is 0.0272 e. The summed E-state index contributed by atoms with van der Waals surface area (Å²) in [5, 5.41) is 5.52. The molecule has 4 aromatic carbocycles. The average Bonchev–Trinajstić information content (AvgIpc) is 3.04. The SMILES string of the molecule is c1ccc2c(c1)-c1cc3cc4ccccc4cc3cc1C21C2CC3CC(C2)CC1C3. The summed E-state index contributed by atoms with van der Waals surface area (Å²) in [7, 11) is 0. The van der Waals surface area contributed by atoms with Gasteiger partial charge in [-0.3, -0.25) is 0 Å². The summed E-state index contributed by atoms with van der Waals surface area (Å²) in [5.74, 6) is 3.68. The molecule has 0 atom stereocenters. The Kier molecular flexibility index (Phi) is 2.88. The summed E-state index contributed by atoms with van der Waals surface area (Å²) in [6.45, 7) is 0. The Morgan fingerprint density at radius 1 is 0.500 bits per heavy atom. The largest absolute Gasteiger partial charge is 0.0619 e. The lowest BCUT2D eigenvalue weighted by Gasteiger charge is -2.61. The van der Waals surface area contributed by atoms with Gasteiger partial charge in [0.05, 0.1) is 0 Å². The molecular formula is C30H26. The quantitative estimate of drug-likeness (QED) is 0.271. The van der Waals surface area contributed by atoms with Gasteiger partial charge in [0.25, 0.3) is 0 Å². The zero-order chi connectivity index (χ0) is 19.4. The summed E-state index contributed by atoms with van der Waals surface area (Å²) >= 11 is 0. The minimum absolute atomic E-state index is 0.277. The molecule has 4 bridgehead atoms. The Hall–Kier alpha value is -2.60. The second-order valence-corrected chi connectivity index (χ2v) is 10.7. The van der Waals surface area contributed by atoms with E-state index in [0.29, 0.717) is 0 Å². The molecule has 0 N–H and O–H groups in total. The van der Waals surface area contributed by atoms with E-state index in [1.165, 1.54) is 64.8 Å². The molecule has 4 aromatic rings. The fraction of sp³-hybridized carbons (Fsp3) is 0.333. The predicted octanol–water partition coefficient (Wildman–Crippen LogP) is 7.72. The summed E-state index contributed by atoms with van der Waals surface area (Å²) in [5.41, 5.74) is 6.66. The van der Waals surface area contributed by atoms with Crippen LogP contribution >= 0.6 is 0 Å². The minimum atomic E-state index is 0.277. The van der Waals surface area contributed by atoms with Gasteiger partial charge in [0.1, 0.15) is 0 Å². The van der Waals surface area contributed by atoms with E-state index >= 15 is 0 Å². The van der Waals surface area contributed by atoms with Crippen LogP contribution in [0.3, 0.4) is 0 Å². The van der Waals surface area contributed by atoms with Crippen molar-refractivity contribution in [2.24, 2.45) is 23.7 Å². The maximum absolute atomic E-state index is 2.61. The van der Waals surface area contributed by atoms with Gasteiger partial charge in [-0.1, -0.05) is 48.5 Å². The lowest BCUT2D eigenvalue weighted by molar-refractivity contribution is -0.0399. The molecule has 0 heterocycles. The molecule has 4 saturated carbocycles. The van der Waals surface area contributed by atoms with Gasteiger partial charge in [-0.25, -0.2) is 0 Å². The van der Waals surface area contributed by atoms with E-state index in [0.717, 1.165) is 23.7 Å². The second-order valence-electron chi connectivity index (χ2n) is 10.7. The van der Waals surface area contributed by atoms with Crippen LogP contribution in [-0.2, 0) is 5.41 Å². The van der Waals surface area contributed by atoms with Crippen LogP contribution in [0.4, 0.5) is 0 Å². The van der Waals surface area contributed by atoms with Gasteiger partial charge in [-0.15, -0.1) is 0 Å². The zero-order valence-corrected chi connectivity index (χ0v) is 17.3. The zero-order valence-electron chi connectivity index (χ0n) is 17.3. The van der Waals surface area contributed by atoms with Crippen LogP contribution in [0.25, 0.3) is 32.7 Å². The summed E-state index contributed by atoms with van der Waals surface area (Å²) < 4.78 is 0. The molecule has 5 aliphatic carbocycles. The van der Waals surface area contributed by atoms with Gasteiger partial charge in [-0.2, -0.15) is 0 Å². The van der Waals surface area contributed by atoms with E-state index < -0.39 is 0 Å². The summed E-state index contributed by atoms with van der Waals surface area (Å²) in [6.07, 6.45) is 7.33. The van der Waals surface area contributed by atoms with E-state index in [-0.39, 0.29) is 5.41 Å². The number of fused-ring (bicyclic) bond motifs is 5. The van der Waals surface area contributed by atoms with E-state index in [2.05, 4.69) is 72.8 Å². The molecule has 0 unspecified atom stereocenters. The standard InChI is InChI=1S/C30H26/c1-2-6-21-15-23-17-29-27(16-22(23)14-20(21)5-1)26-7-3-4-8-28(26)30(29)24-10-18-9-19(12-24)13-25(30)11-18/h1-8,14-19,24-25H,9-13H2. The minimum Gasteiger partial charge on any atom is -0.0619 e. The highest BCUT2D eigenvalue weighted by atomic mass is 14.6. The molecule has 0 radical (unpaired) electrons. The van der Waals surface area contributed by atoms with Crippen LogP contribution in [0.2, 0.25) is 0 Å². The normalized spacial score (nSPS) is 32.8. The molecule has 5 aliphatic rings. The van der Waals surface area contributed by atoms with Crippen molar-refractivity contribution in [1.82, 2.24) is 0 Å². The van der Waals surface area contributed by atoms with Crippen molar-refractivity contribution in [2.45, 2.75) is 37.5 Å². The highest BCUT2D eigenvalue weighted by Crippen LogP contribution is 2.69. The van der Waals surface area contributed by atoms with Crippen LogP contribution in [0, 0.1) is 23.7 Å². The van der Waals surface area contributed by atoms with Crippen molar-refractivity contribution in [1.29, 1.82) is 0 Å². The molecule has 146 valence electrons. The van der Waals surface area contributed by atoms with Gasteiger partial charge in [0, 0.05) is 5.41 Å². The molecule has 1 spiro atoms. The number of hydrogen-bond donors (Lipinski definition) is 0. The highest BCUT2D eigenvalue weighted by Gasteiger charge is 2.61. The van der Waals surface area contributed by atoms with Crippen LogP contribution in [-0.4, -0.2) is 0 Å². The topological polar surface area (TPSA) is 0 Å². The molecule has 0 aromatic heterocycles. The Morgan fingerprint density at radius 3 is 1.80 bits per heavy atom. The Labute approximate surface area is 177 Å². The van der Waals surface area contributed by atoms with E-state index in [4.69, 9.17) is 0 Å². The number of benzene rings is 4. The van der Waals surface area contributed by atoms with Crippen LogP contribution < -0.4 is 0 Å². The third-order valence-corrected chi connectivity index (χ3v) is 9.38. The number of hydrogen-bond acceptors (Lipinski definition) is 0. The van der Waals surface area contributed by atoms with Crippen LogP contribution in [0.1, 0.15) is 43.2 Å². The van der Waals surface area contributed by atoms with Crippen molar-refractivity contribution < 1.29 is 0 Å². The van der Waals surface area contributed by atoms with E-state index in [9.17, 15) is 0 Å². The fourth-order valence-electron chi connectivity index (χ4n) is 8.59. The van der Waals surface area contributed by atoms with Crippen molar-refractivity contribution in [3.05, 3.63) is 83.9 Å². The Morgan fingerprint density at radius 2 is 1.10 bits per heavy atom. The third-order valence-electron chi connectivity index (χ3n) is 9.38. The molecule has 0 aliphatic heterocycles. The van der Waals surface area contributed by atoms with Crippen molar-refractivity contribution >= 4 is 21.5 Å². The molecule has 9 rings (SSSR count). The predicted molar refractivity (Wildman–Crippen MR) is 125 cm³/mol. The first-order chi connectivity index (χ1) is 14.8. The summed E-state index contributed by atoms with van der Waals surface area (Å²) in [4.78, 5) is 0. The van der Waals surface area contributed by atoms with Gasteiger partial charge >= 0.3 is 0 Å². The van der Waals surface area contributed by atoms with Gasteiger partial charge in [-0.05, 0) is 124 Å². The fourth-order valence-corrected chi connectivity index (χ4v) is 8.59. The van der Waals surface area contributed by atoms with E-state index in [1.54, 1.807) is 11.1 Å². The van der Waals surface area contributed by atoms with Crippen LogP contribution in [0.15, 0.2) is 72.8 Å². The molecular weight excluding hydrogens is 360 g/mol. The summed E-state index contributed by atoms with van der Waals surface area (Å²) in [6, 6.07) is 28.2. The molecule has 30 heavy (non-hydrogen) atoms. The van der Waals surface area contributed by atoms with Crippen molar-refractivity contribution in [3.63, 3.8) is 0 Å². The molecule has 0 heteroatoms. The molecule has 0 saturated heterocycles. The Balaban J connectivity index is 1.47. The molecule has 0 amide bonds.